The van der Waals surface area contributed by atoms with Crippen molar-refractivity contribution in [1.29, 1.82) is 0 Å². The molecule has 3 nitrogen and oxygen atoms in total. The molecule has 0 saturated carbocycles. The zero-order chi connectivity index (χ0) is 21.8. The van der Waals surface area contributed by atoms with Gasteiger partial charge < -0.3 is 0 Å². The number of benzene rings is 4. The Labute approximate surface area is 181 Å². The monoisotopic (exact) mass is 408 g/mol. The minimum absolute atomic E-state index is 0.180. The van der Waals surface area contributed by atoms with Crippen molar-refractivity contribution >= 4 is 38.9 Å². The summed E-state index contributed by atoms with van der Waals surface area (Å²) in [6.45, 7) is 1.85. The van der Waals surface area contributed by atoms with E-state index in [1.54, 1.807) is 0 Å². The van der Waals surface area contributed by atoms with Gasteiger partial charge in [0.1, 0.15) is 0 Å². The SMILES string of the molecule is CCCC(=O)C(=O)CC(=O)C(c1cccc2ccccc12)c1cccc2ccccc12. The second-order valence-electron chi connectivity index (χ2n) is 7.81. The molecule has 4 rings (SSSR count). The van der Waals surface area contributed by atoms with Crippen molar-refractivity contribution in [3.05, 3.63) is 96.1 Å². The van der Waals surface area contributed by atoms with Crippen LogP contribution in [0.5, 0.6) is 0 Å². The van der Waals surface area contributed by atoms with Crippen LogP contribution in [0.1, 0.15) is 43.2 Å². The van der Waals surface area contributed by atoms with Crippen LogP contribution in [-0.4, -0.2) is 17.3 Å². The molecule has 4 aromatic rings. The highest BCUT2D eigenvalue weighted by Gasteiger charge is 2.29. The maximum atomic E-state index is 13.6. The molecule has 0 aliphatic carbocycles. The van der Waals surface area contributed by atoms with Crippen LogP contribution in [0.15, 0.2) is 84.9 Å². The molecule has 0 N–H and O–H groups in total. The van der Waals surface area contributed by atoms with Gasteiger partial charge in [-0.3, -0.25) is 14.4 Å². The zero-order valence-electron chi connectivity index (χ0n) is 17.5. The molecular weight excluding hydrogens is 384 g/mol. The average molecular weight is 408 g/mol. The van der Waals surface area contributed by atoms with Gasteiger partial charge in [0.15, 0.2) is 11.6 Å². The summed E-state index contributed by atoms with van der Waals surface area (Å²) in [5.41, 5.74) is 1.71. The molecule has 0 unspecified atom stereocenters. The first-order chi connectivity index (χ1) is 15.1. The molecule has 31 heavy (non-hydrogen) atoms. The molecule has 0 saturated heterocycles. The third-order valence-corrected chi connectivity index (χ3v) is 5.71. The molecule has 0 amide bonds. The molecule has 3 heteroatoms. The lowest BCUT2D eigenvalue weighted by Crippen LogP contribution is -2.23. The fraction of sp³-hybridized carbons (Fsp3) is 0.179. The van der Waals surface area contributed by atoms with Gasteiger partial charge in [-0.25, -0.2) is 0 Å². The molecule has 0 heterocycles. The Morgan fingerprint density at radius 1 is 0.645 bits per heavy atom. The van der Waals surface area contributed by atoms with Crippen LogP contribution < -0.4 is 0 Å². The third-order valence-electron chi connectivity index (χ3n) is 5.71. The first kappa shape index (κ1) is 20.7. The molecule has 0 aliphatic rings. The van der Waals surface area contributed by atoms with Gasteiger partial charge in [-0.1, -0.05) is 91.9 Å². The third kappa shape index (κ3) is 4.17. The van der Waals surface area contributed by atoms with E-state index in [1.165, 1.54) is 0 Å². The highest BCUT2D eigenvalue weighted by molar-refractivity contribution is 6.40. The Balaban J connectivity index is 1.88. The standard InChI is InChI=1S/C28H24O3/c1-2-9-25(29)26(30)18-27(31)28(23-16-7-12-19-10-3-5-14-21(19)23)24-17-8-13-20-11-4-6-15-22(20)24/h3-8,10-17,28H,2,9,18H2,1H3. The van der Waals surface area contributed by atoms with Crippen molar-refractivity contribution < 1.29 is 14.4 Å². The Hall–Kier alpha value is -3.59. The minimum atomic E-state index is -0.629. The number of rotatable bonds is 8. The molecular formula is C28H24O3. The van der Waals surface area contributed by atoms with Crippen LogP contribution in [0.2, 0.25) is 0 Å². The number of hydrogen-bond acceptors (Lipinski definition) is 3. The van der Waals surface area contributed by atoms with Crippen LogP contribution in [0.3, 0.4) is 0 Å². The van der Waals surface area contributed by atoms with Gasteiger partial charge in [-0.15, -0.1) is 0 Å². The Kier molecular flexibility index (Phi) is 6.03. The topological polar surface area (TPSA) is 51.2 Å². The van der Waals surface area contributed by atoms with E-state index in [0.29, 0.717) is 6.42 Å². The van der Waals surface area contributed by atoms with E-state index in [2.05, 4.69) is 0 Å². The minimum Gasteiger partial charge on any atom is -0.298 e. The lowest BCUT2D eigenvalue weighted by atomic mass is 9.81. The summed E-state index contributed by atoms with van der Waals surface area (Å²) >= 11 is 0. The van der Waals surface area contributed by atoms with Gasteiger partial charge >= 0.3 is 0 Å². The maximum Gasteiger partial charge on any atom is 0.205 e. The summed E-state index contributed by atoms with van der Waals surface area (Å²) in [5, 5.41) is 4.02. The molecule has 0 aliphatic heterocycles. The second kappa shape index (κ2) is 9.05. The van der Waals surface area contributed by atoms with Gasteiger partial charge in [0, 0.05) is 6.42 Å². The predicted molar refractivity (Wildman–Crippen MR) is 124 cm³/mol. The van der Waals surface area contributed by atoms with E-state index in [9.17, 15) is 14.4 Å². The first-order valence-corrected chi connectivity index (χ1v) is 10.6. The summed E-state index contributed by atoms with van der Waals surface area (Å²) in [4.78, 5) is 38.1. The predicted octanol–water partition coefficient (Wildman–Crippen LogP) is 6.02. The highest BCUT2D eigenvalue weighted by Crippen LogP contribution is 2.36. The summed E-state index contributed by atoms with van der Waals surface area (Å²) in [7, 11) is 0. The lowest BCUT2D eigenvalue weighted by Gasteiger charge is -2.20. The largest absolute Gasteiger partial charge is 0.298 e. The van der Waals surface area contributed by atoms with Gasteiger partial charge in [0.2, 0.25) is 5.78 Å². The van der Waals surface area contributed by atoms with Crippen LogP contribution in [0, 0.1) is 0 Å². The number of hydrogen-bond donors (Lipinski definition) is 0. The number of Topliss-reactive ketones (excluding diaryl/α,β-unsaturated/α-hetero) is 3. The number of carbonyl (C=O) groups excluding carboxylic acids is 3. The summed E-state index contributed by atoms with van der Waals surface area (Å²) in [6.07, 6.45) is 0.393. The van der Waals surface area contributed by atoms with Crippen molar-refractivity contribution in [3.8, 4) is 0 Å². The molecule has 154 valence electrons. The summed E-state index contributed by atoms with van der Waals surface area (Å²) < 4.78 is 0. The molecule has 0 bridgehead atoms. The van der Waals surface area contributed by atoms with Crippen molar-refractivity contribution in [2.45, 2.75) is 32.1 Å². The first-order valence-electron chi connectivity index (χ1n) is 10.6. The smallest absolute Gasteiger partial charge is 0.205 e. The number of ketones is 3. The van der Waals surface area contributed by atoms with Crippen molar-refractivity contribution in [1.82, 2.24) is 0 Å². The van der Waals surface area contributed by atoms with Gasteiger partial charge in [0.25, 0.3) is 0 Å². The van der Waals surface area contributed by atoms with Crippen molar-refractivity contribution in [3.63, 3.8) is 0 Å². The highest BCUT2D eigenvalue weighted by atomic mass is 16.2. The molecule has 0 spiro atoms. The normalized spacial score (nSPS) is 11.2. The average Bonchev–Trinajstić information content (AvgIpc) is 2.79. The van der Waals surface area contributed by atoms with E-state index in [4.69, 9.17) is 0 Å². The van der Waals surface area contributed by atoms with E-state index in [0.717, 1.165) is 32.7 Å². The molecule has 0 fully saturated rings. The van der Waals surface area contributed by atoms with Crippen molar-refractivity contribution in [2.75, 3.05) is 0 Å². The summed E-state index contributed by atoms with van der Waals surface area (Å²) in [6, 6.07) is 27.7. The molecule has 0 atom stereocenters. The second-order valence-corrected chi connectivity index (χ2v) is 7.81. The number of fused-ring (bicyclic) bond motifs is 2. The van der Waals surface area contributed by atoms with Crippen LogP contribution in [0.25, 0.3) is 21.5 Å². The quantitative estimate of drug-likeness (QED) is 0.264. The van der Waals surface area contributed by atoms with Crippen molar-refractivity contribution in [2.24, 2.45) is 0 Å². The van der Waals surface area contributed by atoms with Crippen LogP contribution in [-0.2, 0) is 14.4 Å². The van der Waals surface area contributed by atoms with Gasteiger partial charge in [-0.05, 0) is 39.1 Å². The Bertz CT molecular complexity index is 1200. The Morgan fingerprint density at radius 3 is 1.65 bits per heavy atom. The van der Waals surface area contributed by atoms with Crippen LogP contribution in [0.4, 0.5) is 0 Å². The Morgan fingerprint density at radius 2 is 1.13 bits per heavy atom. The zero-order valence-corrected chi connectivity index (χ0v) is 17.5. The van der Waals surface area contributed by atoms with E-state index in [-0.39, 0.29) is 18.6 Å². The van der Waals surface area contributed by atoms with E-state index < -0.39 is 17.5 Å². The van der Waals surface area contributed by atoms with E-state index in [1.807, 2.05) is 91.9 Å². The lowest BCUT2D eigenvalue weighted by molar-refractivity contribution is -0.139. The molecule has 0 aromatic heterocycles. The fourth-order valence-electron chi connectivity index (χ4n) is 4.24. The van der Waals surface area contributed by atoms with Crippen LogP contribution >= 0.6 is 0 Å². The van der Waals surface area contributed by atoms with Gasteiger partial charge in [0.05, 0.1) is 12.3 Å². The fourth-order valence-corrected chi connectivity index (χ4v) is 4.24. The van der Waals surface area contributed by atoms with Gasteiger partial charge in [-0.2, -0.15) is 0 Å². The maximum absolute atomic E-state index is 13.6. The number of carbonyl (C=O) groups is 3. The van der Waals surface area contributed by atoms with E-state index >= 15 is 0 Å². The molecule has 0 radical (unpaired) electrons. The molecule has 4 aromatic carbocycles. The summed E-state index contributed by atoms with van der Waals surface area (Å²) in [5.74, 6) is -1.94.